The number of rotatable bonds is 5. The number of amides is 2. The molecule has 5 nitrogen and oxygen atoms in total. The summed E-state index contributed by atoms with van der Waals surface area (Å²) in [6, 6.07) is 5.21. The van der Waals surface area contributed by atoms with Crippen molar-refractivity contribution in [2.75, 3.05) is 25.6 Å². The zero-order valence-corrected chi connectivity index (χ0v) is 14.8. The van der Waals surface area contributed by atoms with Crippen LogP contribution in [0.1, 0.15) is 13.3 Å². The Labute approximate surface area is 143 Å². The van der Waals surface area contributed by atoms with Gasteiger partial charge < -0.3 is 15.0 Å². The van der Waals surface area contributed by atoms with Gasteiger partial charge in [0.15, 0.2) is 0 Å². The van der Waals surface area contributed by atoms with Gasteiger partial charge in [-0.1, -0.05) is 27.5 Å². The SMILES string of the molecule is COC[C@H](C)N1C[C@@H](C(=O)Nc2ccc(Br)cc2Cl)CC1=O. The molecule has 0 aromatic heterocycles. The van der Waals surface area contributed by atoms with E-state index >= 15 is 0 Å². The van der Waals surface area contributed by atoms with Crippen LogP contribution in [0, 0.1) is 5.92 Å². The van der Waals surface area contributed by atoms with Gasteiger partial charge in [-0.15, -0.1) is 0 Å². The fourth-order valence-electron chi connectivity index (χ4n) is 2.49. The first kappa shape index (κ1) is 17.2. The molecule has 1 aromatic rings. The molecule has 22 heavy (non-hydrogen) atoms. The van der Waals surface area contributed by atoms with Crippen molar-refractivity contribution in [2.24, 2.45) is 5.92 Å². The molecule has 0 aliphatic carbocycles. The maximum absolute atomic E-state index is 12.3. The molecule has 2 atom stereocenters. The first-order valence-corrected chi connectivity index (χ1v) is 8.13. The van der Waals surface area contributed by atoms with Crippen molar-refractivity contribution in [3.05, 3.63) is 27.7 Å². The van der Waals surface area contributed by atoms with E-state index in [0.29, 0.717) is 23.9 Å². The van der Waals surface area contributed by atoms with Gasteiger partial charge in [0, 0.05) is 24.5 Å². The smallest absolute Gasteiger partial charge is 0.229 e. The lowest BCUT2D eigenvalue weighted by Crippen LogP contribution is -2.38. The van der Waals surface area contributed by atoms with Gasteiger partial charge in [0.2, 0.25) is 11.8 Å². The fourth-order valence-corrected chi connectivity index (χ4v) is 3.21. The summed E-state index contributed by atoms with van der Waals surface area (Å²) in [7, 11) is 1.59. The lowest BCUT2D eigenvalue weighted by molar-refractivity contribution is -0.130. The number of carbonyl (C=O) groups excluding carboxylic acids is 2. The number of nitrogens with zero attached hydrogens (tertiary/aromatic N) is 1. The molecule has 1 saturated heterocycles. The lowest BCUT2D eigenvalue weighted by Gasteiger charge is -2.23. The lowest BCUT2D eigenvalue weighted by atomic mass is 10.1. The molecular weight excluding hydrogens is 372 g/mol. The molecule has 0 saturated carbocycles. The van der Waals surface area contributed by atoms with Crippen molar-refractivity contribution in [3.63, 3.8) is 0 Å². The molecule has 1 aliphatic rings. The topological polar surface area (TPSA) is 58.6 Å². The summed E-state index contributed by atoms with van der Waals surface area (Å²) in [5.74, 6) is -0.581. The van der Waals surface area contributed by atoms with Crippen LogP contribution in [0.4, 0.5) is 5.69 Å². The predicted octanol–water partition coefficient (Wildman–Crippen LogP) is 2.92. The number of benzene rings is 1. The highest BCUT2D eigenvalue weighted by atomic mass is 79.9. The molecule has 1 N–H and O–H groups in total. The van der Waals surface area contributed by atoms with E-state index in [4.69, 9.17) is 16.3 Å². The summed E-state index contributed by atoms with van der Waals surface area (Å²) in [6.07, 6.45) is 0.216. The highest BCUT2D eigenvalue weighted by Gasteiger charge is 2.36. The number of carbonyl (C=O) groups is 2. The number of hydrogen-bond donors (Lipinski definition) is 1. The molecule has 1 heterocycles. The highest BCUT2D eigenvalue weighted by molar-refractivity contribution is 9.10. The molecule has 2 amide bonds. The van der Waals surface area contributed by atoms with Crippen molar-refractivity contribution in [2.45, 2.75) is 19.4 Å². The van der Waals surface area contributed by atoms with Gasteiger partial charge in [-0.05, 0) is 25.1 Å². The van der Waals surface area contributed by atoms with Crippen molar-refractivity contribution < 1.29 is 14.3 Å². The Hall–Kier alpha value is -1.11. The highest BCUT2D eigenvalue weighted by Crippen LogP contribution is 2.27. The zero-order chi connectivity index (χ0) is 16.3. The third-order valence-corrected chi connectivity index (χ3v) is 4.46. The molecule has 0 spiro atoms. The van der Waals surface area contributed by atoms with Crippen molar-refractivity contribution >= 4 is 45.0 Å². The van der Waals surface area contributed by atoms with E-state index in [0.717, 1.165) is 4.47 Å². The van der Waals surface area contributed by atoms with E-state index < -0.39 is 0 Å². The molecule has 0 bridgehead atoms. The second kappa shape index (κ2) is 7.44. The quantitative estimate of drug-likeness (QED) is 0.842. The van der Waals surface area contributed by atoms with Crippen molar-refractivity contribution in [3.8, 4) is 0 Å². The largest absolute Gasteiger partial charge is 0.383 e. The third-order valence-electron chi connectivity index (χ3n) is 3.66. The van der Waals surface area contributed by atoms with Gasteiger partial charge in [0.05, 0.1) is 29.3 Å². The monoisotopic (exact) mass is 388 g/mol. The van der Waals surface area contributed by atoms with Crippen LogP contribution in [0.2, 0.25) is 5.02 Å². The van der Waals surface area contributed by atoms with Gasteiger partial charge >= 0.3 is 0 Å². The third kappa shape index (κ3) is 4.00. The maximum atomic E-state index is 12.3. The van der Waals surface area contributed by atoms with Gasteiger partial charge in [0.25, 0.3) is 0 Å². The van der Waals surface area contributed by atoms with E-state index in [2.05, 4.69) is 21.2 Å². The van der Waals surface area contributed by atoms with Crippen LogP contribution in [0.3, 0.4) is 0 Å². The minimum Gasteiger partial charge on any atom is -0.383 e. The van der Waals surface area contributed by atoms with Crippen molar-refractivity contribution in [1.29, 1.82) is 0 Å². The summed E-state index contributed by atoms with van der Waals surface area (Å²) in [6.45, 7) is 2.77. The number of halogens is 2. The molecule has 1 aromatic carbocycles. The average Bonchev–Trinajstić information content (AvgIpc) is 2.84. The van der Waals surface area contributed by atoms with Crippen LogP contribution in [-0.2, 0) is 14.3 Å². The van der Waals surface area contributed by atoms with Crippen LogP contribution in [-0.4, -0.2) is 43.0 Å². The second-order valence-electron chi connectivity index (χ2n) is 5.36. The zero-order valence-electron chi connectivity index (χ0n) is 12.4. The first-order valence-electron chi connectivity index (χ1n) is 6.96. The van der Waals surface area contributed by atoms with Crippen LogP contribution in [0.5, 0.6) is 0 Å². The van der Waals surface area contributed by atoms with Crippen molar-refractivity contribution in [1.82, 2.24) is 4.90 Å². The van der Waals surface area contributed by atoms with Crippen LogP contribution in [0.15, 0.2) is 22.7 Å². The summed E-state index contributed by atoms with van der Waals surface area (Å²) in [5, 5.41) is 3.24. The summed E-state index contributed by atoms with van der Waals surface area (Å²) >= 11 is 9.41. The van der Waals surface area contributed by atoms with E-state index in [9.17, 15) is 9.59 Å². The average molecular weight is 390 g/mol. The van der Waals surface area contributed by atoms with Crippen LogP contribution < -0.4 is 5.32 Å². The molecule has 2 rings (SSSR count). The number of hydrogen-bond acceptors (Lipinski definition) is 3. The molecule has 120 valence electrons. The Morgan fingerprint density at radius 1 is 1.59 bits per heavy atom. The molecular formula is C15H18BrClN2O3. The number of ether oxygens (including phenoxy) is 1. The van der Waals surface area contributed by atoms with Crippen LogP contribution >= 0.6 is 27.5 Å². The normalized spacial score (nSPS) is 19.4. The van der Waals surface area contributed by atoms with Gasteiger partial charge in [0.1, 0.15) is 0 Å². The minimum absolute atomic E-state index is 0.0217. The predicted molar refractivity (Wildman–Crippen MR) is 88.9 cm³/mol. The van der Waals surface area contributed by atoms with E-state index in [-0.39, 0.29) is 30.2 Å². The number of likely N-dealkylation sites (tertiary alicyclic amines) is 1. The minimum atomic E-state index is -0.369. The van der Waals surface area contributed by atoms with Crippen LogP contribution in [0.25, 0.3) is 0 Å². The number of nitrogens with one attached hydrogen (secondary N) is 1. The Morgan fingerprint density at radius 2 is 2.32 bits per heavy atom. The molecule has 0 unspecified atom stereocenters. The molecule has 0 radical (unpaired) electrons. The Morgan fingerprint density at radius 3 is 2.95 bits per heavy atom. The van der Waals surface area contributed by atoms with E-state index in [1.165, 1.54) is 0 Å². The Bertz CT molecular complexity index is 582. The van der Waals surface area contributed by atoms with Gasteiger partial charge in [-0.2, -0.15) is 0 Å². The van der Waals surface area contributed by atoms with E-state index in [1.807, 2.05) is 6.92 Å². The number of methoxy groups -OCH3 is 1. The van der Waals surface area contributed by atoms with E-state index in [1.54, 1.807) is 30.2 Å². The van der Waals surface area contributed by atoms with Gasteiger partial charge in [-0.25, -0.2) is 0 Å². The fraction of sp³-hybridized carbons (Fsp3) is 0.467. The Kier molecular flexibility index (Phi) is 5.83. The number of anilines is 1. The second-order valence-corrected chi connectivity index (χ2v) is 6.69. The Balaban J connectivity index is 2.00. The summed E-state index contributed by atoms with van der Waals surface area (Å²) < 4.78 is 5.91. The standard InChI is InChI=1S/C15H18BrClN2O3/c1-9(8-22-2)19-7-10(5-14(19)20)15(21)18-13-4-3-11(16)6-12(13)17/h3-4,6,9-10H,5,7-8H2,1-2H3,(H,18,21)/t9-,10-/m0/s1. The molecule has 7 heteroatoms. The first-order chi connectivity index (χ1) is 10.4. The molecule has 1 aliphatic heterocycles. The van der Waals surface area contributed by atoms with Gasteiger partial charge in [-0.3, -0.25) is 9.59 Å². The summed E-state index contributed by atoms with van der Waals surface area (Å²) in [5.41, 5.74) is 0.547. The summed E-state index contributed by atoms with van der Waals surface area (Å²) in [4.78, 5) is 26.1. The molecule has 1 fully saturated rings. The maximum Gasteiger partial charge on any atom is 0.229 e.